The van der Waals surface area contributed by atoms with Crippen molar-refractivity contribution in [3.05, 3.63) is 29.6 Å². The predicted molar refractivity (Wildman–Crippen MR) is 55.7 cm³/mol. The van der Waals surface area contributed by atoms with Crippen molar-refractivity contribution in [1.29, 1.82) is 0 Å². The third-order valence-corrected chi connectivity index (χ3v) is 1.84. The summed E-state index contributed by atoms with van der Waals surface area (Å²) < 4.78 is 18.0. The van der Waals surface area contributed by atoms with Gasteiger partial charge in [-0.2, -0.15) is 0 Å². The number of esters is 1. The first-order chi connectivity index (χ1) is 7.41. The molecule has 0 spiro atoms. The number of nitrogens with zero attached hydrogens (tertiary/aromatic N) is 1. The van der Waals surface area contributed by atoms with Crippen molar-refractivity contribution in [3.8, 4) is 5.75 Å². The van der Waals surface area contributed by atoms with Crippen LogP contribution in [0.4, 0.5) is 4.39 Å². The maximum Gasteiger partial charge on any atom is 0.308 e. The number of amides is 1. The molecule has 0 bridgehead atoms. The molecule has 0 radical (unpaired) electrons. The summed E-state index contributed by atoms with van der Waals surface area (Å²) in [5.74, 6) is -1.83. The average molecular weight is 225 g/mol. The summed E-state index contributed by atoms with van der Waals surface area (Å²) in [5.41, 5.74) is 0.207. The highest BCUT2D eigenvalue weighted by atomic mass is 19.1. The Bertz CT molecular complexity index is 429. The Kier molecular flexibility index (Phi) is 3.60. The molecule has 86 valence electrons. The van der Waals surface area contributed by atoms with Crippen LogP contribution in [0.5, 0.6) is 5.75 Å². The van der Waals surface area contributed by atoms with Crippen LogP contribution in [0.3, 0.4) is 0 Å². The number of benzene rings is 1. The number of hydrogen-bond donors (Lipinski definition) is 0. The maximum absolute atomic E-state index is 13.4. The maximum atomic E-state index is 13.4. The van der Waals surface area contributed by atoms with E-state index in [0.717, 1.165) is 6.07 Å². The lowest BCUT2D eigenvalue weighted by Crippen LogP contribution is -2.21. The zero-order chi connectivity index (χ0) is 12.3. The molecule has 1 aromatic rings. The van der Waals surface area contributed by atoms with Crippen LogP contribution in [-0.4, -0.2) is 30.9 Å². The number of carbonyl (C=O) groups excluding carboxylic acids is 2. The Morgan fingerprint density at radius 3 is 2.38 bits per heavy atom. The second-order valence-electron chi connectivity index (χ2n) is 3.44. The van der Waals surface area contributed by atoms with Gasteiger partial charge in [-0.25, -0.2) is 4.39 Å². The van der Waals surface area contributed by atoms with Crippen LogP contribution in [0.2, 0.25) is 0 Å². The average Bonchev–Trinajstić information content (AvgIpc) is 2.19. The molecule has 1 amide bonds. The van der Waals surface area contributed by atoms with Gasteiger partial charge in [0.15, 0.2) is 11.6 Å². The van der Waals surface area contributed by atoms with E-state index in [1.54, 1.807) is 14.1 Å². The number of halogens is 1. The van der Waals surface area contributed by atoms with E-state index in [0.29, 0.717) is 0 Å². The van der Waals surface area contributed by atoms with E-state index < -0.39 is 11.8 Å². The number of hydrogen-bond acceptors (Lipinski definition) is 3. The van der Waals surface area contributed by atoms with Crippen LogP contribution >= 0.6 is 0 Å². The first kappa shape index (κ1) is 12.2. The first-order valence-electron chi connectivity index (χ1n) is 4.61. The monoisotopic (exact) mass is 225 g/mol. The van der Waals surface area contributed by atoms with E-state index >= 15 is 0 Å². The standard InChI is InChI=1S/C11H12FNO3/c1-7(14)16-10-5-4-8(6-9(10)12)11(15)13(2)3/h4-6H,1-3H3. The van der Waals surface area contributed by atoms with Crippen molar-refractivity contribution in [1.82, 2.24) is 4.90 Å². The van der Waals surface area contributed by atoms with Crippen molar-refractivity contribution in [2.24, 2.45) is 0 Å². The summed E-state index contributed by atoms with van der Waals surface area (Å²) in [6, 6.07) is 3.71. The molecule has 0 saturated heterocycles. The molecule has 0 aliphatic carbocycles. The SMILES string of the molecule is CC(=O)Oc1ccc(C(=O)N(C)C)cc1F. The van der Waals surface area contributed by atoms with Crippen LogP contribution in [0.15, 0.2) is 18.2 Å². The van der Waals surface area contributed by atoms with Gasteiger partial charge in [-0.1, -0.05) is 0 Å². The van der Waals surface area contributed by atoms with Gasteiger partial charge in [0.2, 0.25) is 0 Å². The van der Waals surface area contributed by atoms with Crippen molar-refractivity contribution in [2.75, 3.05) is 14.1 Å². The number of rotatable bonds is 2. The van der Waals surface area contributed by atoms with Crippen molar-refractivity contribution in [3.63, 3.8) is 0 Å². The molecule has 0 unspecified atom stereocenters. The molecule has 0 fully saturated rings. The van der Waals surface area contributed by atoms with Crippen LogP contribution in [0.1, 0.15) is 17.3 Å². The molecule has 5 heteroatoms. The summed E-state index contributed by atoms with van der Waals surface area (Å²) in [6.07, 6.45) is 0. The normalized spacial score (nSPS) is 9.75. The van der Waals surface area contributed by atoms with Gasteiger partial charge in [-0.05, 0) is 18.2 Å². The molecular formula is C11H12FNO3. The first-order valence-corrected chi connectivity index (χ1v) is 4.61. The molecule has 0 aliphatic rings. The Morgan fingerprint density at radius 1 is 1.31 bits per heavy atom. The van der Waals surface area contributed by atoms with Gasteiger partial charge in [0.25, 0.3) is 5.91 Å². The van der Waals surface area contributed by atoms with Crippen LogP contribution < -0.4 is 4.74 Å². The Balaban J connectivity index is 2.99. The van der Waals surface area contributed by atoms with Crippen molar-refractivity contribution < 1.29 is 18.7 Å². The van der Waals surface area contributed by atoms with Gasteiger partial charge in [-0.15, -0.1) is 0 Å². The lowest BCUT2D eigenvalue weighted by atomic mass is 10.2. The van der Waals surface area contributed by atoms with Gasteiger partial charge in [0.1, 0.15) is 0 Å². The van der Waals surface area contributed by atoms with E-state index in [4.69, 9.17) is 0 Å². The molecular weight excluding hydrogens is 213 g/mol. The molecule has 0 saturated carbocycles. The summed E-state index contributed by atoms with van der Waals surface area (Å²) in [4.78, 5) is 23.4. The minimum atomic E-state index is -0.733. The van der Waals surface area contributed by atoms with Crippen molar-refractivity contribution >= 4 is 11.9 Å². The highest BCUT2D eigenvalue weighted by Crippen LogP contribution is 2.19. The minimum Gasteiger partial charge on any atom is -0.424 e. The zero-order valence-electron chi connectivity index (χ0n) is 9.28. The summed E-state index contributed by atoms with van der Waals surface area (Å²) in [6.45, 7) is 1.18. The summed E-state index contributed by atoms with van der Waals surface area (Å²) in [5, 5.41) is 0. The van der Waals surface area contributed by atoms with Gasteiger partial charge < -0.3 is 9.64 Å². The molecule has 0 heterocycles. The molecule has 16 heavy (non-hydrogen) atoms. The molecule has 1 rings (SSSR count). The minimum absolute atomic E-state index is 0.178. The van der Waals surface area contributed by atoms with E-state index in [2.05, 4.69) is 4.74 Å². The third-order valence-electron chi connectivity index (χ3n) is 1.84. The quantitative estimate of drug-likeness (QED) is 0.565. The lowest BCUT2D eigenvalue weighted by Gasteiger charge is -2.10. The Hall–Kier alpha value is -1.91. The summed E-state index contributed by atoms with van der Waals surface area (Å²) >= 11 is 0. The molecule has 4 nitrogen and oxygen atoms in total. The molecule has 0 atom stereocenters. The fraction of sp³-hybridized carbons (Fsp3) is 0.273. The van der Waals surface area contributed by atoms with Crippen LogP contribution in [0, 0.1) is 5.82 Å². The van der Waals surface area contributed by atoms with Gasteiger partial charge in [0, 0.05) is 26.6 Å². The smallest absolute Gasteiger partial charge is 0.308 e. The zero-order valence-corrected chi connectivity index (χ0v) is 9.28. The van der Waals surface area contributed by atoms with E-state index in [1.807, 2.05) is 0 Å². The van der Waals surface area contributed by atoms with Crippen LogP contribution in [0.25, 0.3) is 0 Å². The van der Waals surface area contributed by atoms with Gasteiger partial charge >= 0.3 is 5.97 Å². The number of carbonyl (C=O) groups is 2. The Labute approximate surface area is 92.6 Å². The van der Waals surface area contributed by atoms with E-state index in [9.17, 15) is 14.0 Å². The molecule has 0 N–H and O–H groups in total. The van der Waals surface area contributed by atoms with Crippen molar-refractivity contribution in [2.45, 2.75) is 6.92 Å². The second kappa shape index (κ2) is 4.74. The topological polar surface area (TPSA) is 46.6 Å². The largest absolute Gasteiger partial charge is 0.424 e. The van der Waals surface area contributed by atoms with Gasteiger partial charge in [-0.3, -0.25) is 9.59 Å². The fourth-order valence-electron chi connectivity index (χ4n) is 1.13. The predicted octanol–water partition coefficient (Wildman–Crippen LogP) is 1.45. The highest BCUT2D eigenvalue weighted by Gasteiger charge is 2.12. The van der Waals surface area contributed by atoms with Crippen LogP contribution in [-0.2, 0) is 4.79 Å². The van der Waals surface area contributed by atoms with E-state index in [1.165, 1.54) is 24.0 Å². The number of ether oxygens (including phenoxy) is 1. The van der Waals surface area contributed by atoms with E-state index in [-0.39, 0.29) is 17.2 Å². The molecule has 0 aromatic heterocycles. The lowest BCUT2D eigenvalue weighted by molar-refractivity contribution is -0.132. The fourth-order valence-corrected chi connectivity index (χ4v) is 1.13. The summed E-state index contributed by atoms with van der Waals surface area (Å²) in [7, 11) is 3.14. The Morgan fingerprint density at radius 2 is 1.94 bits per heavy atom. The highest BCUT2D eigenvalue weighted by molar-refractivity contribution is 5.94. The second-order valence-corrected chi connectivity index (χ2v) is 3.44. The third kappa shape index (κ3) is 2.79. The molecule has 0 aliphatic heterocycles. The van der Waals surface area contributed by atoms with Gasteiger partial charge in [0.05, 0.1) is 0 Å². The molecule has 1 aromatic carbocycles.